The van der Waals surface area contributed by atoms with Gasteiger partial charge in [0.25, 0.3) is 0 Å². The zero-order chi connectivity index (χ0) is 25.3. The van der Waals surface area contributed by atoms with Crippen molar-refractivity contribution in [2.45, 2.75) is 32.9 Å². The van der Waals surface area contributed by atoms with Crippen LogP contribution in [0.3, 0.4) is 0 Å². The van der Waals surface area contributed by atoms with E-state index in [-0.39, 0.29) is 23.5 Å². The second-order valence-electron chi connectivity index (χ2n) is 8.96. The Morgan fingerprint density at radius 3 is 2.34 bits per heavy atom. The number of carbonyl (C=O) groups excluding carboxylic acids is 1. The molecule has 0 aromatic heterocycles. The summed E-state index contributed by atoms with van der Waals surface area (Å²) in [6.45, 7) is 6.04. The number of nitrogens with one attached hydrogen (secondary N) is 1. The van der Waals surface area contributed by atoms with Gasteiger partial charge in [-0.25, -0.2) is 13.6 Å². The normalized spacial score (nSPS) is 13.9. The van der Waals surface area contributed by atoms with E-state index < -0.39 is 17.6 Å². The second-order valence-corrected chi connectivity index (χ2v) is 8.96. The Balaban J connectivity index is 1.78. The number of halogens is 2. The third-order valence-corrected chi connectivity index (χ3v) is 5.93. The highest BCUT2D eigenvalue weighted by Gasteiger charge is 2.27. The van der Waals surface area contributed by atoms with Crippen molar-refractivity contribution in [3.63, 3.8) is 0 Å². The minimum atomic E-state index is -0.674. The summed E-state index contributed by atoms with van der Waals surface area (Å²) >= 11 is 0. The Morgan fingerprint density at radius 2 is 1.66 bits per heavy atom. The molecule has 1 N–H and O–H groups in total. The van der Waals surface area contributed by atoms with Crippen LogP contribution in [0.4, 0.5) is 14.5 Å². The minimum absolute atomic E-state index is 0.0406. The first kappa shape index (κ1) is 24.3. The zero-order valence-electron chi connectivity index (χ0n) is 20.3. The van der Waals surface area contributed by atoms with Crippen molar-refractivity contribution in [3.05, 3.63) is 82.9 Å². The van der Waals surface area contributed by atoms with Crippen molar-refractivity contribution in [1.82, 2.24) is 0 Å². The summed E-state index contributed by atoms with van der Waals surface area (Å²) in [5, 5.41) is 3.49. The van der Waals surface area contributed by atoms with Crippen molar-refractivity contribution >= 4 is 17.2 Å². The van der Waals surface area contributed by atoms with E-state index in [1.165, 1.54) is 38.5 Å². The van der Waals surface area contributed by atoms with Gasteiger partial charge in [0.2, 0.25) is 0 Å². The predicted octanol–water partition coefficient (Wildman–Crippen LogP) is 6.61. The lowest BCUT2D eigenvalue weighted by Crippen LogP contribution is -2.32. The van der Waals surface area contributed by atoms with Crippen molar-refractivity contribution < 1.29 is 27.8 Å². The Labute approximate surface area is 203 Å². The van der Waals surface area contributed by atoms with E-state index in [0.717, 1.165) is 34.0 Å². The molecule has 0 saturated heterocycles. The summed E-state index contributed by atoms with van der Waals surface area (Å²) in [7, 11) is 2.83. The van der Waals surface area contributed by atoms with Gasteiger partial charge in [0.1, 0.15) is 18.2 Å². The summed E-state index contributed by atoms with van der Waals surface area (Å²) < 4.78 is 44.0. The molecule has 0 unspecified atom stereocenters. The predicted molar refractivity (Wildman–Crippen MR) is 132 cm³/mol. The first-order valence-corrected chi connectivity index (χ1v) is 11.1. The molecule has 0 bridgehead atoms. The lowest BCUT2D eigenvalue weighted by atomic mass is 9.85. The first-order chi connectivity index (χ1) is 16.6. The molecule has 5 nitrogen and oxygen atoms in total. The molecule has 4 rings (SSSR count). The molecule has 1 heterocycles. The highest BCUT2D eigenvalue weighted by Crippen LogP contribution is 2.42. The number of benzene rings is 3. The molecule has 0 aliphatic carbocycles. The Morgan fingerprint density at radius 1 is 0.943 bits per heavy atom. The van der Waals surface area contributed by atoms with Gasteiger partial charge in [0, 0.05) is 28.4 Å². The maximum atomic E-state index is 14.1. The average Bonchev–Trinajstić information content (AvgIpc) is 2.81. The fraction of sp³-hybridized carbons (Fsp3) is 0.250. The number of allylic oxidation sites excluding steroid dienone is 1. The maximum absolute atomic E-state index is 14.1. The van der Waals surface area contributed by atoms with Crippen LogP contribution >= 0.6 is 0 Å². The van der Waals surface area contributed by atoms with Gasteiger partial charge in [-0.15, -0.1) is 0 Å². The van der Waals surface area contributed by atoms with Gasteiger partial charge >= 0.3 is 5.97 Å². The van der Waals surface area contributed by atoms with Gasteiger partial charge in [-0.3, -0.25) is 0 Å². The molecule has 0 amide bonds. The van der Waals surface area contributed by atoms with E-state index in [9.17, 15) is 13.6 Å². The van der Waals surface area contributed by atoms with Crippen molar-refractivity contribution in [1.29, 1.82) is 0 Å². The van der Waals surface area contributed by atoms with Crippen LogP contribution in [0, 0.1) is 11.6 Å². The van der Waals surface area contributed by atoms with E-state index in [4.69, 9.17) is 14.2 Å². The van der Waals surface area contributed by atoms with Gasteiger partial charge < -0.3 is 19.5 Å². The largest absolute Gasteiger partial charge is 0.496 e. The van der Waals surface area contributed by atoms with E-state index in [1.54, 1.807) is 6.07 Å². The van der Waals surface area contributed by atoms with Gasteiger partial charge in [-0.2, -0.15) is 0 Å². The summed E-state index contributed by atoms with van der Waals surface area (Å²) in [6.07, 6.45) is 2.10. The van der Waals surface area contributed by atoms with Crippen molar-refractivity contribution in [2.75, 3.05) is 19.5 Å². The summed E-state index contributed by atoms with van der Waals surface area (Å²) in [5.41, 5.74) is 4.73. The molecule has 0 spiro atoms. The van der Waals surface area contributed by atoms with Crippen LogP contribution in [-0.4, -0.2) is 25.7 Å². The molecule has 0 fully saturated rings. The highest BCUT2D eigenvalue weighted by atomic mass is 19.1. The van der Waals surface area contributed by atoms with Crippen molar-refractivity contribution in [3.8, 4) is 22.6 Å². The summed E-state index contributed by atoms with van der Waals surface area (Å²) in [4.78, 5) is 12.8. The van der Waals surface area contributed by atoms with Crippen LogP contribution in [-0.2, 0) is 11.3 Å². The maximum Gasteiger partial charge on any atom is 0.338 e. The van der Waals surface area contributed by atoms with Crippen LogP contribution < -0.4 is 14.8 Å². The van der Waals surface area contributed by atoms with E-state index >= 15 is 0 Å². The third-order valence-electron chi connectivity index (χ3n) is 5.93. The molecular weight excluding hydrogens is 452 g/mol. The van der Waals surface area contributed by atoms with Crippen LogP contribution in [0.5, 0.6) is 11.5 Å². The summed E-state index contributed by atoms with van der Waals surface area (Å²) in [6, 6.07) is 12.1. The monoisotopic (exact) mass is 479 g/mol. The van der Waals surface area contributed by atoms with Crippen LogP contribution in [0.2, 0.25) is 0 Å². The SMILES string of the molecule is COc1ccc(C(=O)OCc2c(-c3ccc(F)cc3OC)ccc3c2C(C)=CC(C)(C)N3)cc1F. The number of esters is 1. The quantitative estimate of drug-likeness (QED) is 0.403. The number of fused-ring (bicyclic) bond motifs is 1. The van der Waals surface area contributed by atoms with Crippen LogP contribution in [0.25, 0.3) is 16.7 Å². The molecule has 0 atom stereocenters. The van der Waals surface area contributed by atoms with Crippen LogP contribution in [0.15, 0.2) is 54.6 Å². The lowest BCUT2D eigenvalue weighted by molar-refractivity contribution is 0.0472. The molecule has 7 heteroatoms. The lowest BCUT2D eigenvalue weighted by Gasteiger charge is -2.33. The molecular formula is C28H27F2NO4. The number of anilines is 1. The molecule has 182 valence electrons. The Bertz CT molecular complexity index is 1330. The smallest absolute Gasteiger partial charge is 0.338 e. The van der Waals surface area contributed by atoms with Crippen molar-refractivity contribution in [2.24, 2.45) is 0 Å². The molecule has 0 saturated carbocycles. The number of hydrogen-bond acceptors (Lipinski definition) is 5. The van der Waals surface area contributed by atoms with Crippen LogP contribution in [0.1, 0.15) is 42.3 Å². The molecule has 1 aliphatic heterocycles. The number of methoxy groups -OCH3 is 2. The zero-order valence-corrected chi connectivity index (χ0v) is 20.3. The van der Waals surface area contributed by atoms with E-state index in [1.807, 2.05) is 19.1 Å². The second kappa shape index (κ2) is 9.41. The standard InChI is InChI=1S/C28H27F2NO4/c1-16-14-28(2,3)31-23-10-9-19(20-8-7-18(29)13-25(20)34-5)21(26(16)23)15-35-27(32)17-6-11-24(33-4)22(30)12-17/h6-14,31H,15H2,1-5H3. The van der Waals surface area contributed by atoms with E-state index in [0.29, 0.717) is 11.3 Å². The number of hydrogen-bond donors (Lipinski definition) is 1. The number of ether oxygens (including phenoxy) is 3. The van der Waals surface area contributed by atoms with Gasteiger partial charge in [0.15, 0.2) is 11.6 Å². The molecule has 0 radical (unpaired) electrons. The number of carbonyl (C=O) groups is 1. The topological polar surface area (TPSA) is 56.8 Å². The molecule has 3 aromatic rings. The summed E-state index contributed by atoms with van der Waals surface area (Å²) in [5.74, 6) is -1.34. The number of rotatable bonds is 6. The fourth-order valence-electron chi connectivity index (χ4n) is 4.50. The Kier molecular flexibility index (Phi) is 6.52. The van der Waals surface area contributed by atoms with Gasteiger partial charge in [-0.1, -0.05) is 12.1 Å². The van der Waals surface area contributed by atoms with Gasteiger partial charge in [0.05, 0.1) is 25.3 Å². The first-order valence-electron chi connectivity index (χ1n) is 11.1. The molecule has 3 aromatic carbocycles. The average molecular weight is 480 g/mol. The molecule has 35 heavy (non-hydrogen) atoms. The third kappa shape index (κ3) is 4.85. The Hall–Kier alpha value is -3.87. The molecule has 1 aliphatic rings. The van der Waals surface area contributed by atoms with Gasteiger partial charge in [-0.05, 0) is 68.3 Å². The van der Waals surface area contributed by atoms with E-state index in [2.05, 4.69) is 25.2 Å². The minimum Gasteiger partial charge on any atom is -0.496 e. The fourth-order valence-corrected chi connectivity index (χ4v) is 4.50. The highest BCUT2D eigenvalue weighted by molar-refractivity contribution is 5.91.